The molecule has 1 atom stereocenters. The first kappa shape index (κ1) is 14.0. The molecule has 5 nitrogen and oxygen atoms in total. The molecule has 2 N–H and O–H groups in total. The fourth-order valence-electron chi connectivity index (χ4n) is 2.16. The number of nitrogens with zero attached hydrogens (tertiary/aromatic N) is 1. The van der Waals surface area contributed by atoms with Crippen molar-refractivity contribution in [3.05, 3.63) is 46.9 Å². The molecule has 0 aliphatic carbocycles. The largest absolute Gasteiger partial charge is 0.345 e. The molecule has 0 spiro atoms. The summed E-state index contributed by atoms with van der Waals surface area (Å²) in [7, 11) is 3.22. The maximum Gasteiger partial charge on any atom is 0.319 e. The number of hydrogen-bond donors (Lipinski definition) is 2. The van der Waals surface area contributed by atoms with Crippen LogP contribution in [-0.4, -0.2) is 30.9 Å². The van der Waals surface area contributed by atoms with Crippen molar-refractivity contribution in [2.45, 2.75) is 13.0 Å². The average molecular weight is 277 g/mol. The Kier molecular flexibility index (Phi) is 3.74. The number of carbonyl (C=O) groups is 2. The van der Waals surface area contributed by atoms with Crippen molar-refractivity contribution in [2.24, 2.45) is 0 Å². The van der Waals surface area contributed by atoms with E-state index in [0.29, 0.717) is 11.3 Å². The summed E-state index contributed by atoms with van der Waals surface area (Å²) in [6.45, 7) is 1.63. The number of amides is 3. The zero-order valence-electron chi connectivity index (χ0n) is 11.5. The molecule has 106 valence electrons. The van der Waals surface area contributed by atoms with Gasteiger partial charge in [0.05, 0.1) is 11.6 Å². The minimum atomic E-state index is -0.792. The summed E-state index contributed by atoms with van der Waals surface area (Å²) in [5.74, 6) is -0.736. The normalized spacial score (nSPS) is 18.4. The van der Waals surface area contributed by atoms with Gasteiger partial charge in [0.1, 0.15) is 5.82 Å². The number of nitrogens with one attached hydrogen (secondary N) is 2. The Morgan fingerprint density at radius 1 is 1.30 bits per heavy atom. The number of likely N-dealkylation sites (N-methyl/N-ethyl adjacent to an activating group) is 1. The van der Waals surface area contributed by atoms with E-state index in [1.165, 1.54) is 11.0 Å². The maximum atomic E-state index is 13.9. The van der Waals surface area contributed by atoms with Gasteiger partial charge in [0.25, 0.3) is 5.91 Å². The lowest BCUT2D eigenvalue weighted by Gasteiger charge is -2.30. The number of benzene rings is 1. The molecule has 1 unspecified atom stereocenters. The number of hydrogen-bond acceptors (Lipinski definition) is 2. The molecule has 3 amide bonds. The van der Waals surface area contributed by atoms with Crippen molar-refractivity contribution in [1.82, 2.24) is 15.5 Å². The minimum Gasteiger partial charge on any atom is -0.345 e. The van der Waals surface area contributed by atoms with Crippen LogP contribution in [0.5, 0.6) is 0 Å². The molecule has 2 rings (SSSR count). The number of carbonyl (C=O) groups excluding carboxylic acids is 2. The van der Waals surface area contributed by atoms with Gasteiger partial charge in [-0.3, -0.25) is 4.79 Å². The summed E-state index contributed by atoms with van der Waals surface area (Å²) in [5, 5.41) is 5.14. The van der Waals surface area contributed by atoms with Crippen molar-refractivity contribution in [1.29, 1.82) is 0 Å². The molecule has 6 heteroatoms. The molecule has 1 aromatic rings. The van der Waals surface area contributed by atoms with E-state index in [1.54, 1.807) is 39.2 Å². The number of halogens is 1. The van der Waals surface area contributed by atoms with Gasteiger partial charge in [0.15, 0.2) is 0 Å². The van der Waals surface area contributed by atoms with Gasteiger partial charge in [0, 0.05) is 25.4 Å². The molecule has 0 saturated carbocycles. The van der Waals surface area contributed by atoms with E-state index in [4.69, 9.17) is 0 Å². The molecule has 1 aliphatic rings. The highest BCUT2D eigenvalue weighted by molar-refractivity contribution is 5.98. The number of allylic oxidation sites excluding steroid dienone is 1. The highest BCUT2D eigenvalue weighted by Gasteiger charge is 2.33. The lowest BCUT2D eigenvalue weighted by molar-refractivity contribution is -0.125. The van der Waals surface area contributed by atoms with Gasteiger partial charge >= 0.3 is 6.03 Å². The second-order valence-electron chi connectivity index (χ2n) is 4.79. The Labute approximate surface area is 116 Å². The summed E-state index contributed by atoms with van der Waals surface area (Å²) >= 11 is 0. The van der Waals surface area contributed by atoms with E-state index in [2.05, 4.69) is 10.6 Å². The summed E-state index contributed by atoms with van der Waals surface area (Å²) in [5.41, 5.74) is 1.03. The van der Waals surface area contributed by atoms with Gasteiger partial charge in [-0.25, -0.2) is 9.18 Å². The fraction of sp³-hybridized carbons (Fsp3) is 0.286. The second kappa shape index (κ2) is 5.32. The van der Waals surface area contributed by atoms with Gasteiger partial charge < -0.3 is 15.5 Å². The van der Waals surface area contributed by atoms with E-state index in [0.717, 1.165) is 0 Å². The summed E-state index contributed by atoms with van der Waals surface area (Å²) in [6, 6.07) is 4.84. The van der Waals surface area contributed by atoms with Crippen LogP contribution in [0.3, 0.4) is 0 Å². The first-order valence-electron chi connectivity index (χ1n) is 6.16. The van der Waals surface area contributed by atoms with Crippen molar-refractivity contribution < 1.29 is 14.0 Å². The predicted molar refractivity (Wildman–Crippen MR) is 72.2 cm³/mol. The van der Waals surface area contributed by atoms with Gasteiger partial charge in [-0.15, -0.1) is 0 Å². The van der Waals surface area contributed by atoms with Crippen LogP contribution in [0.1, 0.15) is 18.5 Å². The molecule has 0 aromatic heterocycles. The minimum absolute atomic E-state index is 0.270. The second-order valence-corrected chi connectivity index (χ2v) is 4.79. The van der Waals surface area contributed by atoms with Crippen molar-refractivity contribution in [2.75, 3.05) is 14.1 Å². The Hall–Kier alpha value is -2.37. The van der Waals surface area contributed by atoms with Crippen LogP contribution in [-0.2, 0) is 4.79 Å². The monoisotopic (exact) mass is 277 g/mol. The van der Waals surface area contributed by atoms with Crippen molar-refractivity contribution >= 4 is 11.9 Å². The van der Waals surface area contributed by atoms with Crippen LogP contribution in [0.4, 0.5) is 9.18 Å². The smallest absolute Gasteiger partial charge is 0.319 e. The van der Waals surface area contributed by atoms with Crippen molar-refractivity contribution in [3.63, 3.8) is 0 Å². The van der Waals surface area contributed by atoms with Gasteiger partial charge in [-0.1, -0.05) is 18.2 Å². The van der Waals surface area contributed by atoms with E-state index in [1.807, 2.05) is 0 Å². The third-order valence-corrected chi connectivity index (χ3v) is 3.12. The molecular formula is C14H16FN3O2. The molecule has 1 aromatic carbocycles. The molecule has 0 saturated heterocycles. The zero-order chi connectivity index (χ0) is 14.9. The zero-order valence-corrected chi connectivity index (χ0v) is 11.5. The average Bonchev–Trinajstić information content (AvgIpc) is 2.37. The predicted octanol–water partition coefficient (Wildman–Crippen LogP) is 1.54. The molecule has 1 aliphatic heterocycles. The van der Waals surface area contributed by atoms with Crippen LogP contribution < -0.4 is 10.6 Å². The van der Waals surface area contributed by atoms with E-state index >= 15 is 0 Å². The Balaban J connectivity index is 2.54. The Morgan fingerprint density at radius 3 is 2.55 bits per heavy atom. The lowest BCUT2D eigenvalue weighted by atomic mass is 9.94. The summed E-state index contributed by atoms with van der Waals surface area (Å²) < 4.78 is 13.9. The number of urea groups is 1. The van der Waals surface area contributed by atoms with Crippen LogP contribution >= 0.6 is 0 Å². The quantitative estimate of drug-likeness (QED) is 0.861. The fourth-order valence-corrected chi connectivity index (χ4v) is 2.16. The molecule has 0 radical (unpaired) electrons. The van der Waals surface area contributed by atoms with Crippen LogP contribution in [0, 0.1) is 5.82 Å². The first-order chi connectivity index (χ1) is 9.41. The number of rotatable bonds is 2. The molecular weight excluding hydrogens is 261 g/mol. The molecule has 0 bridgehead atoms. The Bertz CT molecular complexity index is 596. The third-order valence-electron chi connectivity index (χ3n) is 3.12. The lowest BCUT2D eigenvalue weighted by Crippen LogP contribution is -2.47. The van der Waals surface area contributed by atoms with Gasteiger partial charge in [-0.05, 0) is 13.0 Å². The van der Waals surface area contributed by atoms with Crippen LogP contribution in [0.2, 0.25) is 0 Å². The topological polar surface area (TPSA) is 61.4 Å². The first-order valence-corrected chi connectivity index (χ1v) is 6.16. The highest BCUT2D eigenvalue weighted by atomic mass is 19.1. The third kappa shape index (κ3) is 2.49. The van der Waals surface area contributed by atoms with E-state index in [9.17, 15) is 14.0 Å². The SMILES string of the molecule is CC1=C(C(=O)N(C)C)C(c2ccccc2F)NC(=O)N1. The molecule has 0 fully saturated rings. The van der Waals surface area contributed by atoms with Gasteiger partial charge in [-0.2, -0.15) is 0 Å². The van der Waals surface area contributed by atoms with Crippen LogP contribution in [0.25, 0.3) is 0 Å². The van der Waals surface area contributed by atoms with Crippen LogP contribution in [0.15, 0.2) is 35.5 Å². The van der Waals surface area contributed by atoms with E-state index < -0.39 is 17.9 Å². The Morgan fingerprint density at radius 2 is 1.95 bits per heavy atom. The van der Waals surface area contributed by atoms with Crippen molar-refractivity contribution in [3.8, 4) is 0 Å². The standard InChI is InChI=1S/C14H16FN3O2/c1-8-11(13(19)18(2)3)12(17-14(20)16-8)9-6-4-5-7-10(9)15/h4-7,12H,1-3H3,(H2,16,17,20). The maximum absolute atomic E-state index is 13.9. The van der Waals surface area contributed by atoms with E-state index in [-0.39, 0.29) is 11.5 Å². The molecule has 1 heterocycles. The van der Waals surface area contributed by atoms with Gasteiger partial charge in [0.2, 0.25) is 0 Å². The molecule has 20 heavy (non-hydrogen) atoms. The summed E-state index contributed by atoms with van der Waals surface area (Å²) in [4.78, 5) is 25.3. The summed E-state index contributed by atoms with van der Waals surface area (Å²) in [6.07, 6.45) is 0. The highest BCUT2D eigenvalue weighted by Crippen LogP contribution is 2.29.